The zero-order valence-electron chi connectivity index (χ0n) is 12.1. The Hall–Kier alpha value is 0.0500. The molecule has 4 nitrogen and oxygen atoms in total. The van der Waals surface area contributed by atoms with E-state index in [-0.39, 0.29) is 5.92 Å². The van der Waals surface area contributed by atoms with Gasteiger partial charge in [-0.25, -0.2) is 8.42 Å². The van der Waals surface area contributed by atoms with Crippen LogP contribution in [0.1, 0.15) is 18.9 Å². The number of benzene rings is 1. The van der Waals surface area contributed by atoms with Gasteiger partial charge in [0.05, 0.1) is 4.90 Å². The first-order chi connectivity index (χ1) is 9.77. The molecule has 0 amide bonds. The van der Waals surface area contributed by atoms with Gasteiger partial charge in [-0.15, -0.1) is 0 Å². The molecule has 7 heteroatoms. The number of hydrogen-bond acceptors (Lipinski definition) is 3. The number of aryl methyl sites for hydroxylation is 1. The molecule has 0 saturated carbocycles. The van der Waals surface area contributed by atoms with Crippen molar-refractivity contribution in [1.82, 2.24) is 4.31 Å². The monoisotopic (exact) mass is 438 g/mol. The van der Waals surface area contributed by atoms with Crippen LogP contribution in [0.4, 0.5) is 0 Å². The number of nitrogens with zero attached hydrogens (tertiary/aromatic N) is 1. The second-order valence-electron chi connectivity index (χ2n) is 5.66. The Morgan fingerprint density at radius 1 is 1.33 bits per heavy atom. The minimum atomic E-state index is -3.50. The van der Waals surface area contributed by atoms with Crippen molar-refractivity contribution in [3.8, 4) is 0 Å². The third kappa shape index (κ3) is 3.52. The molecule has 1 aromatic carbocycles. The number of sulfonamides is 1. The van der Waals surface area contributed by atoms with Crippen LogP contribution in [0.15, 0.2) is 26.0 Å². The van der Waals surface area contributed by atoms with Gasteiger partial charge in [0.25, 0.3) is 0 Å². The lowest BCUT2D eigenvalue weighted by molar-refractivity contribution is 0.203. The summed E-state index contributed by atoms with van der Waals surface area (Å²) >= 11 is 6.78. The molecule has 1 aliphatic rings. The first kappa shape index (κ1) is 17.4. The van der Waals surface area contributed by atoms with E-state index < -0.39 is 10.0 Å². The summed E-state index contributed by atoms with van der Waals surface area (Å²) in [5.41, 5.74) is 6.77. The van der Waals surface area contributed by atoms with Gasteiger partial charge in [-0.3, -0.25) is 0 Å². The van der Waals surface area contributed by atoms with Crippen molar-refractivity contribution < 1.29 is 8.42 Å². The fourth-order valence-corrected chi connectivity index (χ4v) is 5.76. The number of nitrogens with two attached hydrogens (primary N) is 1. The molecule has 0 aromatic heterocycles. The molecule has 1 aliphatic heterocycles. The van der Waals surface area contributed by atoms with Gasteiger partial charge in [0.1, 0.15) is 0 Å². The summed E-state index contributed by atoms with van der Waals surface area (Å²) in [5, 5.41) is 0. The van der Waals surface area contributed by atoms with E-state index >= 15 is 0 Å². The molecule has 21 heavy (non-hydrogen) atoms. The fraction of sp³-hybridized carbons (Fsp3) is 0.571. The van der Waals surface area contributed by atoms with Crippen molar-refractivity contribution in [2.24, 2.45) is 17.6 Å². The zero-order chi connectivity index (χ0) is 15.8. The highest BCUT2D eigenvalue weighted by Crippen LogP contribution is 2.33. The summed E-state index contributed by atoms with van der Waals surface area (Å²) in [6.45, 7) is 5.64. The van der Waals surface area contributed by atoms with E-state index in [0.29, 0.717) is 34.9 Å². The largest absolute Gasteiger partial charge is 0.330 e. The van der Waals surface area contributed by atoms with Crippen LogP contribution in [0, 0.1) is 18.8 Å². The highest BCUT2D eigenvalue weighted by Gasteiger charge is 2.34. The molecule has 0 aliphatic carbocycles. The van der Waals surface area contributed by atoms with E-state index in [9.17, 15) is 8.42 Å². The van der Waals surface area contributed by atoms with Gasteiger partial charge in [-0.2, -0.15) is 4.31 Å². The van der Waals surface area contributed by atoms with Crippen LogP contribution in [0.5, 0.6) is 0 Å². The predicted octanol–water partition coefficient (Wildman–Crippen LogP) is 3.13. The van der Waals surface area contributed by atoms with E-state index in [2.05, 4.69) is 38.8 Å². The Balaban J connectivity index is 2.37. The van der Waals surface area contributed by atoms with Crippen molar-refractivity contribution in [3.63, 3.8) is 0 Å². The van der Waals surface area contributed by atoms with E-state index in [4.69, 9.17) is 5.73 Å². The zero-order valence-corrected chi connectivity index (χ0v) is 16.1. The molecule has 1 fully saturated rings. The van der Waals surface area contributed by atoms with Crippen molar-refractivity contribution in [2.75, 3.05) is 19.6 Å². The molecule has 2 atom stereocenters. The normalized spacial score (nSPS) is 24.2. The maximum absolute atomic E-state index is 12.9. The second-order valence-corrected chi connectivity index (χ2v) is 9.27. The quantitative estimate of drug-likeness (QED) is 0.786. The van der Waals surface area contributed by atoms with Gasteiger partial charge >= 0.3 is 0 Å². The van der Waals surface area contributed by atoms with Crippen LogP contribution in [-0.2, 0) is 10.0 Å². The van der Waals surface area contributed by atoms with Crippen molar-refractivity contribution in [2.45, 2.75) is 25.2 Å². The SMILES string of the molecule is Cc1cc(Br)c(S(=O)(=O)N2CCC(C)C(CN)C2)cc1Br. The maximum atomic E-state index is 12.9. The van der Waals surface area contributed by atoms with E-state index in [0.717, 1.165) is 16.5 Å². The van der Waals surface area contributed by atoms with Crippen molar-refractivity contribution in [1.29, 1.82) is 0 Å². The van der Waals surface area contributed by atoms with Crippen molar-refractivity contribution >= 4 is 41.9 Å². The van der Waals surface area contributed by atoms with E-state index in [1.807, 2.05) is 13.0 Å². The highest BCUT2D eigenvalue weighted by molar-refractivity contribution is 9.11. The summed E-state index contributed by atoms with van der Waals surface area (Å²) in [6.07, 6.45) is 0.853. The van der Waals surface area contributed by atoms with Gasteiger partial charge in [0.2, 0.25) is 10.0 Å². The van der Waals surface area contributed by atoms with Gasteiger partial charge in [0, 0.05) is 22.0 Å². The number of rotatable bonds is 3. The minimum absolute atomic E-state index is 0.223. The summed E-state index contributed by atoms with van der Waals surface area (Å²) in [6, 6.07) is 3.49. The average molecular weight is 440 g/mol. The average Bonchev–Trinajstić information content (AvgIpc) is 2.43. The predicted molar refractivity (Wildman–Crippen MR) is 91.7 cm³/mol. The molecule has 0 bridgehead atoms. The first-order valence-electron chi connectivity index (χ1n) is 6.93. The Labute approximate surface area is 143 Å². The topological polar surface area (TPSA) is 63.4 Å². The molecule has 0 radical (unpaired) electrons. The Morgan fingerprint density at radius 2 is 2.00 bits per heavy atom. The fourth-order valence-electron chi connectivity index (χ4n) is 2.61. The lowest BCUT2D eigenvalue weighted by Crippen LogP contribution is -2.45. The first-order valence-corrected chi connectivity index (χ1v) is 9.95. The molecule has 0 spiro atoms. The van der Waals surface area contributed by atoms with E-state index in [1.54, 1.807) is 10.4 Å². The van der Waals surface area contributed by atoms with E-state index in [1.165, 1.54) is 0 Å². The Kier molecular flexibility index (Phi) is 5.52. The summed E-state index contributed by atoms with van der Waals surface area (Å²) in [4.78, 5) is 0.310. The lowest BCUT2D eigenvalue weighted by atomic mass is 9.88. The molecular formula is C14H20Br2N2O2S. The molecule has 2 unspecified atom stereocenters. The number of halogens is 2. The van der Waals surface area contributed by atoms with Crippen LogP contribution in [-0.4, -0.2) is 32.4 Å². The molecule has 118 valence electrons. The van der Waals surface area contributed by atoms with Gasteiger partial charge < -0.3 is 5.73 Å². The third-order valence-electron chi connectivity index (χ3n) is 4.21. The third-order valence-corrected chi connectivity index (χ3v) is 7.89. The summed E-state index contributed by atoms with van der Waals surface area (Å²) in [7, 11) is -3.50. The van der Waals surface area contributed by atoms with Crippen LogP contribution in [0.2, 0.25) is 0 Å². The Morgan fingerprint density at radius 3 is 2.62 bits per heavy atom. The summed E-state index contributed by atoms with van der Waals surface area (Å²) in [5.74, 6) is 0.691. The van der Waals surface area contributed by atoms with Gasteiger partial charge in [-0.05, 0) is 65.4 Å². The van der Waals surface area contributed by atoms with Crippen LogP contribution in [0.3, 0.4) is 0 Å². The van der Waals surface area contributed by atoms with Gasteiger partial charge in [0.15, 0.2) is 0 Å². The molecule has 2 N–H and O–H groups in total. The van der Waals surface area contributed by atoms with Crippen LogP contribution >= 0.6 is 31.9 Å². The van der Waals surface area contributed by atoms with Crippen LogP contribution < -0.4 is 5.73 Å². The maximum Gasteiger partial charge on any atom is 0.244 e. The highest BCUT2D eigenvalue weighted by atomic mass is 79.9. The summed E-state index contributed by atoms with van der Waals surface area (Å²) < 4.78 is 28.7. The lowest BCUT2D eigenvalue weighted by Gasteiger charge is -2.35. The van der Waals surface area contributed by atoms with Crippen molar-refractivity contribution in [3.05, 3.63) is 26.6 Å². The Bertz CT molecular complexity index is 634. The minimum Gasteiger partial charge on any atom is -0.330 e. The molecule has 1 aromatic rings. The van der Waals surface area contributed by atoms with Crippen LogP contribution in [0.25, 0.3) is 0 Å². The molecule has 1 saturated heterocycles. The molecule has 2 rings (SSSR count). The molecule has 1 heterocycles. The standard InChI is InChI=1S/C14H20Br2N2O2S/c1-9-3-4-18(8-11(9)7-17)21(19,20)14-6-12(15)10(2)5-13(14)16/h5-6,9,11H,3-4,7-8,17H2,1-2H3. The smallest absolute Gasteiger partial charge is 0.244 e. The number of piperidine rings is 1. The second kappa shape index (κ2) is 6.66. The van der Waals surface area contributed by atoms with Gasteiger partial charge in [-0.1, -0.05) is 22.9 Å². The number of hydrogen-bond donors (Lipinski definition) is 1. The molecular weight excluding hydrogens is 420 g/mol.